The number of hydrogen-bond acceptors (Lipinski definition) is 5. The summed E-state index contributed by atoms with van der Waals surface area (Å²) in [5, 5.41) is 6.98. The molecule has 3 amide bonds. The number of nitrogens with two attached hydrogens (primary N) is 1. The summed E-state index contributed by atoms with van der Waals surface area (Å²) >= 11 is 3.26. The van der Waals surface area contributed by atoms with Crippen molar-refractivity contribution in [2.45, 2.75) is 37.8 Å². The lowest BCUT2D eigenvalue weighted by Gasteiger charge is -2.23. The maximum Gasteiger partial charge on any atom is 0.410 e. The molecule has 0 aromatic carbocycles. The normalized spacial score (nSPS) is 25.0. The lowest BCUT2D eigenvalue weighted by molar-refractivity contribution is -0.123. The number of ether oxygens (including phenoxy) is 1. The van der Waals surface area contributed by atoms with Gasteiger partial charge in [0, 0.05) is 12.5 Å². The Balaban J connectivity index is 1.89. The Kier molecular flexibility index (Phi) is 4.24. The molecule has 1 fully saturated rings. The van der Waals surface area contributed by atoms with Crippen LogP contribution in [0.4, 0.5) is 10.6 Å². The molecule has 9 nitrogen and oxygen atoms in total. The third-order valence-electron chi connectivity index (χ3n) is 4.37. The lowest BCUT2D eigenvalue weighted by atomic mass is 9.96. The monoisotopic (exact) mass is 399 g/mol. The van der Waals surface area contributed by atoms with Gasteiger partial charge in [-0.2, -0.15) is 5.10 Å². The number of likely N-dealkylation sites (tertiary alicyclic amines) is 1. The molecule has 1 aromatic rings. The van der Waals surface area contributed by atoms with Gasteiger partial charge in [0.1, 0.15) is 16.5 Å². The van der Waals surface area contributed by atoms with Crippen molar-refractivity contribution in [3.05, 3.63) is 10.7 Å². The van der Waals surface area contributed by atoms with E-state index < -0.39 is 23.6 Å². The highest BCUT2D eigenvalue weighted by Gasteiger charge is 2.58. The Labute approximate surface area is 146 Å². The zero-order chi connectivity index (χ0) is 17.5. The topological polar surface area (TPSA) is 120 Å². The van der Waals surface area contributed by atoms with Gasteiger partial charge in [0.2, 0.25) is 5.91 Å². The van der Waals surface area contributed by atoms with Gasteiger partial charge >= 0.3 is 6.09 Å². The highest BCUT2D eigenvalue weighted by Crippen LogP contribution is 2.41. The van der Waals surface area contributed by atoms with Gasteiger partial charge in [-0.3, -0.25) is 14.5 Å². The average Bonchev–Trinajstić information content (AvgIpc) is 3.15. The Morgan fingerprint density at radius 2 is 2.33 bits per heavy atom. The molecule has 3 rings (SSSR count). The van der Waals surface area contributed by atoms with E-state index in [1.54, 1.807) is 6.07 Å². The smallest absolute Gasteiger partial charge is 0.410 e. The molecular formula is C14H18BrN5O4. The first-order chi connectivity index (χ1) is 11.4. The second-order valence-corrected chi connectivity index (χ2v) is 6.78. The van der Waals surface area contributed by atoms with Crippen LogP contribution in [0.3, 0.4) is 0 Å². The highest BCUT2D eigenvalue weighted by atomic mass is 79.9. The average molecular weight is 400 g/mol. The van der Waals surface area contributed by atoms with E-state index in [0.717, 1.165) is 12.8 Å². The molecule has 2 aliphatic rings. The van der Waals surface area contributed by atoms with Crippen LogP contribution >= 0.6 is 15.9 Å². The van der Waals surface area contributed by atoms with E-state index in [1.807, 2.05) is 6.92 Å². The summed E-state index contributed by atoms with van der Waals surface area (Å²) in [5.41, 5.74) is 4.30. The van der Waals surface area contributed by atoms with Crippen LogP contribution in [-0.4, -0.2) is 51.8 Å². The Hall–Kier alpha value is -2.10. The largest absolute Gasteiger partial charge is 0.449 e. The summed E-state index contributed by atoms with van der Waals surface area (Å²) in [6.45, 7) is 2.22. The SMILES string of the molecule is CCCCOC(=O)N1C[C@]2(C[C@H]1C(N)=O)C(=O)Nc1cc(Br)nn12. The number of nitrogens with one attached hydrogen (secondary N) is 1. The standard InChI is InChI=1S/C14H18BrN5O4/c1-2-3-4-24-13(23)19-7-14(6-8(19)11(16)21)12(22)17-10-5-9(15)18-20(10)14/h5,8H,2-4,6-7H2,1H3,(H2,16,21)(H,17,22)/t8-,14+/m0/s1. The van der Waals surface area contributed by atoms with Crippen molar-refractivity contribution >= 4 is 39.7 Å². The first kappa shape index (κ1) is 16.7. The number of nitrogens with zero attached hydrogens (tertiary/aromatic N) is 3. The molecule has 0 unspecified atom stereocenters. The Bertz CT molecular complexity index is 705. The molecule has 24 heavy (non-hydrogen) atoms. The number of fused-ring (bicyclic) bond motifs is 2. The minimum Gasteiger partial charge on any atom is -0.449 e. The van der Waals surface area contributed by atoms with E-state index in [9.17, 15) is 14.4 Å². The molecule has 1 spiro atoms. The van der Waals surface area contributed by atoms with Crippen LogP contribution in [0.25, 0.3) is 0 Å². The molecule has 0 radical (unpaired) electrons. The number of aromatic nitrogens is 2. The molecule has 0 aliphatic carbocycles. The van der Waals surface area contributed by atoms with Crippen LogP contribution < -0.4 is 11.1 Å². The summed E-state index contributed by atoms with van der Waals surface area (Å²) in [6, 6.07) is 0.743. The van der Waals surface area contributed by atoms with E-state index in [1.165, 1.54) is 9.58 Å². The second kappa shape index (κ2) is 6.08. The number of hydrogen-bond donors (Lipinski definition) is 2. The summed E-state index contributed by atoms with van der Waals surface area (Å²) in [6.07, 6.45) is 1.03. The first-order valence-corrected chi connectivity index (χ1v) is 8.48. The van der Waals surface area contributed by atoms with Crippen molar-refractivity contribution in [3.8, 4) is 0 Å². The van der Waals surface area contributed by atoms with Crippen molar-refractivity contribution < 1.29 is 19.1 Å². The second-order valence-electron chi connectivity index (χ2n) is 5.97. The van der Waals surface area contributed by atoms with Gasteiger partial charge in [-0.1, -0.05) is 13.3 Å². The molecule has 130 valence electrons. The summed E-state index contributed by atoms with van der Waals surface area (Å²) in [7, 11) is 0. The molecule has 3 N–H and O–H groups in total. The number of anilines is 1. The van der Waals surface area contributed by atoms with Crippen LogP contribution in [0.5, 0.6) is 0 Å². The van der Waals surface area contributed by atoms with Crippen LogP contribution in [-0.2, 0) is 19.9 Å². The van der Waals surface area contributed by atoms with Crippen LogP contribution in [0.2, 0.25) is 0 Å². The Morgan fingerprint density at radius 3 is 3.00 bits per heavy atom. The molecule has 0 saturated carbocycles. The van der Waals surface area contributed by atoms with Gasteiger partial charge in [-0.05, 0) is 22.4 Å². The van der Waals surface area contributed by atoms with E-state index in [-0.39, 0.29) is 25.5 Å². The summed E-state index contributed by atoms with van der Waals surface area (Å²) in [4.78, 5) is 37.9. The molecule has 3 heterocycles. The van der Waals surface area contributed by atoms with E-state index >= 15 is 0 Å². The van der Waals surface area contributed by atoms with Gasteiger partial charge in [0.15, 0.2) is 5.54 Å². The van der Waals surface area contributed by atoms with Crippen molar-refractivity contribution in [3.63, 3.8) is 0 Å². The van der Waals surface area contributed by atoms with Gasteiger partial charge in [0.25, 0.3) is 5.91 Å². The molecule has 1 aromatic heterocycles. The van der Waals surface area contributed by atoms with Crippen molar-refractivity contribution in [2.75, 3.05) is 18.5 Å². The van der Waals surface area contributed by atoms with E-state index in [4.69, 9.17) is 10.5 Å². The first-order valence-electron chi connectivity index (χ1n) is 7.69. The predicted octanol–water partition coefficient (Wildman–Crippen LogP) is 0.789. The maximum atomic E-state index is 12.5. The number of rotatable bonds is 4. The van der Waals surface area contributed by atoms with Gasteiger partial charge in [-0.25, -0.2) is 9.48 Å². The third-order valence-corrected chi connectivity index (χ3v) is 4.76. The van der Waals surface area contributed by atoms with Gasteiger partial charge < -0.3 is 15.8 Å². The number of unbranched alkanes of at least 4 members (excludes halogenated alkanes) is 1. The quantitative estimate of drug-likeness (QED) is 0.725. The minimum absolute atomic E-state index is 0.0154. The number of carbonyl (C=O) groups excluding carboxylic acids is 3. The fourth-order valence-electron chi connectivity index (χ4n) is 3.13. The molecule has 2 aliphatic heterocycles. The van der Waals surface area contributed by atoms with Crippen molar-refractivity contribution in [2.24, 2.45) is 5.73 Å². The molecule has 10 heteroatoms. The lowest BCUT2D eigenvalue weighted by Crippen LogP contribution is -2.45. The molecular weight excluding hydrogens is 382 g/mol. The molecule has 2 atom stereocenters. The third kappa shape index (κ3) is 2.54. The number of amides is 3. The van der Waals surface area contributed by atoms with Gasteiger partial charge in [-0.15, -0.1) is 0 Å². The van der Waals surface area contributed by atoms with E-state index in [2.05, 4.69) is 26.3 Å². The van der Waals surface area contributed by atoms with E-state index in [0.29, 0.717) is 10.4 Å². The summed E-state index contributed by atoms with van der Waals surface area (Å²) in [5.74, 6) is -0.476. The fraction of sp³-hybridized carbons (Fsp3) is 0.571. The Morgan fingerprint density at radius 1 is 1.58 bits per heavy atom. The van der Waals surface area contributed by atoms with Crippen LogP contribution in [0, 0.1) is 0 Å². The maximum absolute atomic E-state index is 12.5. The zero-order valence-electron chi connectivity index (χ0n) is 13.1. The minimum atomic E-state index is -1.15. The number of halogens is 1. The highest BCUT2D eigenvalue weighted by molar-refractivity contribution is 9.10. The number of carbonyl (C=O) groups is 3. The van der Waals surface area contributed by atoms with Crippen molar-refractivity contribution in [1.29, 1.82) is 0 Å². The van der Waals surface area contributed by atoms with Gasteiger partial charge in [0.05, 0.1) is 13.2 Å². The number of primary amides is 1. The fourth-order valence-corrected chi connectivity index (χ4v) is 3.51. The van der Waals surface area contributed by atoms with Crippen LogP contribution in [0.15, 0.2) is 10.7 Å². The van der Waals surface area contributed by atoms with Crippen molar-refractivity contribution in [1.82, 2.24) is 14.7 Å². The molecule has 0 bridgehead atoms. The summed E-state index contributed by atoms with van der Waals surface area (Å²) < 4.78 is 7.25. The van der Waals surface area contributed by atoms with Crippen LogP contribution in [0.1, 0.15) is 26.2 Å². The zero-order valence-corrected chi connectivity index (χ0v) is 14.7. The molecule has 1 saturated heterocycles. The predicted molar refractivity (Wildman–Crippen MR) is 87.1 cm³/mol.